The fourth-order valence-electron chi connectivity index (χ4n) is 2.31. The van der Waals surface area contributed by atoms with Crippen LogP contribution in [0, 0.1) is 25.2 Å². The van der Waals surface area contributed by atoms with Crippen molar-refractivity contribution in [3.8, 4) is 6.07 Å². The first-order valence-corrected chi connectivity index (χ1v) is 6.77. The number of hydrogen-bond donors (Lipinski definition) is 1. The molecular formula is C17H19N3. The third-order valence-corrected chi connectivity index (χ3v) is 3.29. The molecule has 0 amide bonds. The van der Waals surface area contributed by atoms with Crippen molar-refractivity contribution in [3.63, 3.8) is 0 Å². The van der Waals surface area contributed by atoms with E-state index in [9.17, 15) is 5.26 Å². The van der Waals surface area contributed by atoms with E-state index in [-0.39, 0.29) is 0 Å². The zero-order valence-electron chi connectivity index (χ0n) is 12.4. The first-order valence-electron chi connectivity index (χ1n) is 6.77. The maximum atomic E-state index is 9.32. The standard InChI is InChI=1S/C17H19N3/c1-11(2)14-7-5-6-8-16(14)20-17-15(10-18)12(3)9-13(4)19-17/h5-9,11H,1-4H3,(H,19,20). The van der Waals surface area contributed by atoms with Crippen LogP contribution in [0.2, 0.25) is 0 Å². The molecule has 0 saturated heterocycles. The van der Waals surface area contributed by atoms with Gasteiger partial charge < -0.3 is 5.32 Å². The molecule has 0 saturated carbocycles. The lowest BCUT2D eigenvalue weighted by Gasteiger charge is -2.15. The number of aryl methyl sites for hydroxylation is 2. The van der Waals surface area contributed by atoms with Gasteiger partial charge in [0.25, 0.3) is 0 Å². The van der Waals surface area contributed by atoms with Gasteiger partial charge in [-0.2, -0.15) is 5.26 Å². The second-order valence-corrected chi connectivity index (χ2v) is 5.28. The fraction of sp³-hybridized carbons (Fsp3) is 0.294. The smallest absolute Gasteiger partial charge is 0.148 e. The van der Waals surface area contributed by atoms with Crippen molar-refractivity contribution in [2.24, 2.45) is 0 Å². The fourth-order valence-corrected chi connectivity index (χ4v) is 2.31. The highest BCUT2D eigenvalue weighted by atomic mass is 15.0. The third-order valence-electron chi connectivity index (χ3n) is 3.29. The molecule has 1 heterocycles. The van der Waals surface area contributed by atoms with Crippen molar-refractivity contribution in [2.45, 2.75) is 33.6 Å². The minimum absolute atomic E-state index is 0.412. The highest BCUT2D eigenvalue weighted by molar-refractivity contribution is 5.67. The molecule has 1 N–H and O–H groups in total. The Balaban J connectivity index is 2.48. The molecule has 0 atom stereocenters. The molecule has 2 rings (SSSR count). The van der Waals surface area contributed by atoms with Gasteiger partial charge in [0.2, 0.25) is 0 Å². The van der Waals surface area contributed by atoms with Crippen LogP contribution in [0.25, 0.3) is 0 Å². The van der Waals surface area contributed by atoms with Crippen molar-refractivity contribution in [2.75, 3.05) is 5.32 Å². The van der Waals surface area contributed by atoms with Gasteiger partial charge in [-0.05, 0) is 43.0 Å². The summed E-state index contributed by atoms with van der Waals surface area (Å²) in [6.07, 6.45) is 0. The number of para-hydroxylation sites is 1. The molecule has 3 heteroatoms. The molecule has 0 radical (unpaired) electrons. The quantitative estimate of drug-likeness (QED) is 0.892. The van der Waals surface area contributed by atoms with Crippen molar-refractivity contribution in [3.05, 3.63) is 52.7 Å². The molecule has 102 valence electrons. The molecule has 0 aliphatic carbocycles. The van der Waals surface area contributed by atoms with E-state index in [1.165, 1.54) is 5.56 Å². The summed E-state index contributed by atoms with van der Waals surface area (Å²) in [5, 5.41) is 12.6. The van der Waals surface area contributed by atoms with Gasteiger partial charge in [0.15, 0.2) is 0 Å². The average Bonchev–Trinajstić information content (AvgIpc) is 2.38. The van der Waals surface area contributed by atoms with Crippen molar-refractivity contribution in [1.29, 1.82) is 5.26 Å². The first-order chi connectivity index (χ1) is 9.52. The van der Waals surface area contributed by atoms with E-state index in [4.69, 9.17) is 0 Å². The number of hydrogen-bond acceptors (Lipinski definition) is 3. The lowest BCUT2D eigenvalue weighted by Crippen LogP contribution is -2.03. The molecule has 0 bridgehead atoms. The summed E-state index contributed by atoms with van der Waals surface area (Å²) >= 11 is 0. The van der Waals surface area contributed by atoms with Crippen LogP contribution in [-0.2, 0) is 0 Å². The predicted molar refractivity (Wildman–Crippen MR) is 82.2 cm³/mol. The largest absolute Gasteiger partial charge is 0.339 e. The van der Waals surface area contributed by atoms with Crippen LogP contribution in [0.15, 0.2) is 30.3 Å². The average molecular weight is 265 g/mol. The lowest BCUT2D eigenvalue weighted by atomic mass is 10.0. The number of pyridine rings is 1. The second kappa shape index (κ2) is 5.75. The van der Waals surface area contributed by atoms with Crippen molar-refractivity contribution >= 4 is 11.5 Å². The molecule has 20 heavy (non-hydrogen) atoms. The van der Waals surface area contributed by atoms with Gasteiger partial charge in [0.05, 0.1) is 5.56 Å². The highest BCUT2D eigenvalue weighted by Gasteiger charge is 2.11. The third kappa shape index (κ3) is 2.80. The van der Waals surface area contributed by atoms with Gasteiger partial charge in [-0.25, -0.2) is 4.98 Å². The summed E-state index contributed by atoms with van der Waals surface area (Å²) in [5.74, 6) is 1.05. The summed E-state index contributed by atoms with van der Waals surface area (Å²) in [6, 6.07) is 12.3. The lowest BCUT2D eigenvalue weighted by molar-refractivity contribution is 0.869. The van der Waals surface area contributed by atoms with E-state index < -0.39 is 0 Å². The number of anilines is 2. The number of nitriles is 1. The summed E-state index contributed by atoms with van der Waals surface area (Å²) in [4.78, 5) is 4.47. The Labute approximate surface area is 120 Å². The molecule has 1 aromatic heterocycles. The Morgan fingerprint density at radius 2 is 1.90 bits per heavy atom. The van der Waals surface area contributed by atoms with Crippen LogP contribution >= 0.6 is 0 Å². The first kappa shape index (κ1) is 14.1. The van der Waals surface area contributed by atoms with Crippen LogP contribution in [-0.4, -0.2) is 4.98 Å². The van der Waals surface area contributed by atoms with Crippen LogP contribution in [0.5, 0.6) is 0 Å². The molecule has 0 fully saturated rings. The van der Waals surface area contributed by atoms with E-state index in [2.05, 4.69) is 36.3 Å². The molecule has 2 aromatic rings. The van der Waals surface area contributed by atoms with E-state index in [1.54, 1.807) is 0 Å². The maximum absolute atomic E-state index is 9.32. The molecule has 0 unspecified atom stereocenters. The van der Waals surface area contributed by atoms with Crippen LogP contribution in [0.3, 0.4) is 0 Å². The highest BCUT2D eigenvalue weighted by Crippen LogP contribution is 2.28. The van der Waals surface area contributed by atoms with Crippen molar-refractivity contribution < 1.29 is 0 Å². The van der Waals surface area contributed by atoms with E-state index in [0.717, 1.165) is 16.9 Å². The minimum Gasteiger partial charge on any atom is -0.339 e. The topological polar surface area (TPSA) is 48.7 Å². The summed E-state index contributed by atoms with van der Waals surface area (Å²) in [7, 11) is 0. The molecule has 0 aliphatic heterocycles. The van der Waals surface area contributed by atoms with Gasteiger partial charge in [-0.15, -0.1) is 0 Å². The summed E-state index contributed by atoms with van der Waals surface area (Å²) in [6.45, 7) is 8.18. The van der Waals surface area contributed by atoms with Gasteiger partial charge in [0, 0.05) is 11.4 Å². The predicted octanol–water partition coefficient (Wildman–Crippen LogP) is 4.44. The molecule has 0 aliphatic rings. The zero-order valence-corrected chi connectivity index (χ0v) is 12.4. The Morgan fingerprint density at radius 1 is 1.20 bits per heavy atom. The molecular weight excluding hydrogens is 246 g/mol. The van der Waals surface area contributed by atoms with Crippen LogP contribution in [0.4, 0.5) is 11.5 Å². The number of aromatic nitrogens is 1. The molecule has 1 aromatic carbocycles. The Morgan fingerprint density at radius 3 is 2.55 bits per heavy atom. The van der Waals surface area contributed by atoms with Gasteiger partial charge in [-0.1, -0.05) is 32.0 Å². The second-order valence-electron chi connectivity index (χ2n) is 5.28. The maximum Gasteiger partial charge on any atom is 0.148 e. The van der Waals surface area contributed by atoms with Gasteiger partial charge in [0.1, 0.15) is 11.9 Å². The van der Waals surface area contributed by atoms with Crippen LogP contribution < -0.4 is 5.32 Å². The van der Waals surface area contributed by atoms with Crippen molar-refractivity contribution in [1.82, 2.24) is 4.98 Å². The SMILES string of the molecule is Cc1cc(C)c(C#N)c(Nc2ccccc2C(C)C)n1. The number of rotatable bonds is 3. The zero-order chi connectivity index (χ0) is 14.7. The number of nitrogens with zero attached hydrogens (tertiary/aromatic N) is 2. The minimum atomic E-state index is 0.412. The normalized spacial score (nSPS) is 10.4. The van der Waals surface area contributed by atoms with Gasteiger partial charge >= 0.3 is 0 Å². The number of benzene rings is 1. The summed E-state index contributed by atoms with van der Waals surface area (Å²) in [5.41, 5.74) is 4.69. The Hall–Kier alpha value is -2.34. The monoisotopic (exact) mass is 265 g/mol. The van der Waals surface area contributed by atoms with Crippen LogP contribution in [0.1, 0.15) is 42.1 Å². The van der Waals surface area contributed by atoms with E-state index in [0.29, 0.717) is 17.3 Å². The Bertz CT molecular complexity index is 666. The van der Waals surface area contributed by atoms with E-state index >= 15 is 0 Å². The molecule has 0 spiro atoms. The van der Waals surface area contributed by atoms with E-state index in [1.807, 2.05) is 38.1 Å². The Kier molecular flexibility index (Phi) is 4.05. The van der Waals surface area contributed by atoms with Gasteiger partial charge in [-0.3, -0.25) is 0 Å². The summed E-state index contributed by atoms with van der Waals surface area (Å²) < 4.78 is 0. The molecule has 3 nitrogen and oxygen atoms in total. The number of nitrogens with one attached hydrogen (secondary N) is 1.